The van der Waals surface area contributed by atoms with Crippen LogP contribution in [0.3, 0.4) is 0 Å². The summed E-state index contributed by atoms with van der Waals surface area (Å²) in [6.07, 6.45) is 0.404. The van der Waals surface area contributed by atoms with Gasteiger partial charge in [0.15, 0.2) is 5.37 Å². The number of imide groups is 2. The molecule has 1 unspecified atom stereocenters. The van der Waals surface area contributed by atoms with Crippen molar-refractivity contribution in [1.29, 1.82) is 0 Å². The van der Waals surface area contributed by atoms with Gasteiger partial charge in [0.05, 0.1) is 0 Å². The van der Waals surface area contributed by atoms with Crippen molar-refractivity contribution < 1.29 is 19.2 Å². The third kappa shape index (κ3) is 3.21. The van der Waals surface area contributed by atoms with Gasteiger partial charge in [0.1, 0.15) is 0 Å². The van der Waals surface area contributed by atoms with E-state index in [-0.39, 0.29) is 48.9 Å². The molecule has 2 aliphatic rings. The van der Waals surface area contributed by atoms with Crippen molar-refractivity contribution in [3.05, 3.63) is 30.3 Å². The number of likely N-dealkylation sites (tertiary alicyclic amines) is 1. The zero-order valence-electron chi connectivity index (χ0n) is 12.2. The molecule has 3 rings (SSSR count). The molecular formula is C15H15N3O4S. The van der Waals surface area contributed by atoms with Gasteiger partial charge < -0.3 is 5.32 Å². The number of carbonyl (C=O) groups excluding carboxylic acids is 4. The van der Waals surface area contributed by atoms with Crippen molar-refractivity contribution in [3.63, 3.8) is 0 Å². The minimum absolute atomic E-state index is 0.0368. The summed E-state index contributed by atoms with van der Waals surface area (Å²) in [6, 6.07) is 9.13. The Morgan fingerprint density at radius 2 is 1.57 bits per heavy atom. The molecule has 0 radical (unpaired) electrons. The van der Waals surface area contributed by atoms with Crippen LogP contribution in [0.1, 0.15) is 12.8 Å². The van der Waals surface area contributed by atoms with E-state index in [0.717, 1.165) is 27.2 Å². The first-order valence-corrected chi connectivity index (χ1v) is 8.11. The summed E-state index contributed by atoms with van der Waals surface area (Å²) < 4.78 is 0. The summed E-state index contributed by atoms with van der Waals surface area (Å²) in [6.45, 7) is 0.100. The molecule has 1 N–H and O–H groups in total. The number of carbonyl (C=O) groups is 4. The van der Waals surface area contributed by atoms with Gasteiger partial charge >= 0.3 is 0 Å². The number of nitrogens with one attached hydrogen (secondary N) is 1. The fourth-order valence-electron chi connectivity index (χ4n) is 2.50. The number of nitrogens with zero attached hydrogens (tertiary/aromatic N) is 2. The molecular weight excluding hydrogens is 318 g/mol. The lowest BCUT2D eigenvalue weighted by Crippen LogP contribution is -2.41. The Kier molecular flexibility index (Phi) is 4.33. The van der Waals surface area contributed by atoms with Crippen molar-refractivity contribution in [2.75, 3.05) is 18.4 Å². The second-order valence-corrected chi connectivity index (χ2v) is 6.26. The SMILES string of the molecule is O=C1CCC(=O)N1CCN1C(=O)SC(Nc2ccccc2)C1=O. The lowest BCUT2D eigenvalue weighted by atomic mass is 10.3. The average Bonchev–Trinajstić information content (AvgIpc) is 2.99. The maximum absolute atomic E-state index is 12.3. The minimum atomic E-state index is -0.685. The molecule has 1 aromatic rings. The summed E-state index contributed by atoms with van der Waals surface area (Å²) in [5.74, 6) is -0.857. The molecule has 0 aliphatic carbocycles. The number of rotatable bonds is 5. The Morgan fingerprint density at radius 3 is 2.22 bits per heavy atom. The fraction of sp³-hybridized carbons (Fsp3) is 0.333. The number of hydrogen-bond acceptors (Lipinski definition) is 6. The highest BCUT2D eigenvalue weighted by molar-refractivity contribution is 8.15. The highest BCUT2D eigenvalue weighted by atomic mass is 32.2. The molecule has 0 aromatic heterocycles. The molecule has 0 saturated carbocycles. The van der Waals surface area contributed by atoms with E-state index in [1.807, 2.05) is 30.3 Å². The number of benzene rings is 1. The molecule has 1 atom stereocenters. The lowest BCUT2D eigenvalue weighted by molar-refractivity contribution is -0.139. The molecule has 2 heterocycles. The number of thioether (sulfide) groups is 1. The van der Waals surface area contributed by atoms with Gasteiger partial charge in [-0.15, -0.1) is 0 Å². The first kappa shape index (κ1) is 15.5. The molecule has 2 aliphatic heterocycles. The number of anilines is 1. The first-order chi connectivity index (χ1) is 11.1. The van der Waals surface area contributed by atoms with E-state index < -0.39 is 5.37 Å². The molecule has 2 saturated heterocycles. The van der Waals surface area contributed by atoms with Crippen molar-refractivity contribution in [3.8, 4) is 0 Å². The molecule has 7 nitrogen and oxygen atoms in total. The summed E-state index contributed by atoms with van der Waals surface area (Å²) in [5, 5.41) is 1.94. The number of hydrogen-bond donors (Lipinski definition) is 1. The van der Waals surface area contributed by atoms with Crippen molar-refractivity contribution in [2.45, 2.75) is 18.2 Å². The predicted octanol–water partition coefficient (Wildman–Crippen LogP) is 1.27. The summed E-state index contributed by atoms with van der Waals surface area (Å²) in [5.41, 5.74) is 0.748. The smallest absolute Gasteiger partial charge is 0.290 e. The maximum Gasteiger partial charge on any atom is 0.290 e. The van der Waals surface area contributed by atoms with E-state index in [1.165, 1.54) is 0 Å². The normalized spacial score (nSPS) is 21.5. The largest absolute Gasteiger partial charge is 0.365 e. The van der Waals surface area contributed by atoms with Crippen LogP contribution in [0.15, 0.2) is 30.3 Å². The Bertz CT molecular complexity index is 648. The molecule has 23 heavy (non-hydrogen) atoms. The molecule has 2 fully saturated rings. The van der Waals surface area contributed by atoms with Crippen LogP contribution in [0.5, 0.6) is 0 Å². The Morgan fingerprint density at radius 1 is 0.957 bits per heavy atom. The fourth-order valence-corrected chi connectivity index (χ4v) is 3.43. The van der Waals surface area contributed by atoms with E-state index in [0.29, 0.717) is 0 Å². The second kappa shape index (κ2) is 6.41. The summed E-state index contributed by atoms with van der Waals surface area (Å²) in [7, 11) is 0. The molecule has 0 bridgehead atoms. The standard InChI is InChI=1S/C15H15N3O4S/c19-11-6-7-12(20)17(11)8-9-18-14(21)13(23-15(18)22)16-10-4-2-1-3-5-10/h1-5,13,16H,6-9H2. The van der Waals surface area contributed by atoms with E-state index in [9.17, 15) is 19.2 Å². The zero-order chi connectivity index (χ0) is 16.4. The van der Waals surface area contributed by atoms with Crippen LogP contribution in [0, 0.1) is 0 Å². The summed E-state index contributed by atoms with van der Waals surface area (Å²) >= 11 is 0.899. The van der Waals surface area contributed by atoms with Gasteiger partial charge in [0.2, 0.25) is 11.8 Å². The third-order valence-electron chi connectivity index (χ3n) is 3.70. The van der Waals surface area contributed by atoms with E-state index >= 15 is 0 Å². The van der Waals surface area contributed by atoms with Gasteiger partial charge in [0, 0.05) is 31.6 Å². The Balaban J connectivity index is 1.60. The van der Waals surface area contributed by atoms with Crippen LogP contribution in [0.4, 0.5) is 10.5 Å². The highest BCUT2D eigenvalue weighted by Crippen LogP contribution is 2.28. The molecule has 0 spiro atoms. The third-order valence-corrected chi connectivity index (χ3v) is 4.68. The van der Waals surface area contributed by atoms with Crippen molar-refractivity contribution in [2.24, 2.45) is 0 Å². The first-order valence-electron chi connectivity index (χ1n) is 7.23. The van der Waals surface area contributed by atoms with Crippen LogP contribution < -0.4 is 5.32 Å². The molecule has 8 heteroatoms. The summed E-state index contributed by atoms with van der Waals surface area (Å²) in [4.78, 5) is 49.6. The molecule has 1 aromatic carbocycles. The van der Waals surface area contributed by atoms with Gasteiger partial charge in [-0.25, -0.2) is 0 Å². The van der Waals surface area contributed by atoms with Crippen LogP contribution >= 0.6 is 11.8 Å². The second-order valence-electron chi connectivity index (χ2n) is 5.20. The van der Waals surface area contributed by atoms with Crippen LogP contribution in [0.25, 0.3) is 0 Å². The number of amides is 4. The highest BCUT2D eigenvalue weighted by Gasteiger charge is 2.40. The van der Waals surface area contributed by atoms with Crippen LogP contribution in [-0.2, 0) is 14.4 Å². The van der Waals surface area contributed by atoms with Gasteiger partial charge in [0.25, 0.3) is 11.1 Å². The molecule has 4 amide bonds. The predicted molar refractivity (Wildman–Crippen MR) is 84.5 cm³/mol. The van der Waals surface area contributed by atoms with Gasteiger partial charge in [-0.3, -0.25) is 29.0 Å². The Labute approximate surface area is 137 Å². The van der Waals surface area contributed by atoms with E-state index in [2.05, 4.69) is 5.32 Å². The topological polar surface area (TPSA) is 86.8 Å². The quantitative estimate of drug-likeness (QED) is 0.817. The lowest BCUT2D eigenvalue weighted by Gasteiger charge is -2.19. The Hall–Kier alpha value is -2.35. The monoisotopic (exact) mass is 333 g/mol. The van der Waals surface area contributed by atoms with Crippen molar-refractivity contribution in [1.82, 2.24) is 9.80 Å². The van der Waals surface area contributed by atoms with Gasteiger partial charge in [-0.1, -0.05) is 18.2 Å². The average molecular weight is 333 g/mol. The van der Waals surface area contributed by atoms with Crippen LogP contribution in [-0.4, -0.2) is 51.2 Å². The van der Waals surface area contributed by atoms with Crippen LogP contribution in [0.2, 0.25) is 0 Å². The minimum Gasteiger partial charge on any atom is -0.365 e. The van der Waals surface area contributed by atoms with E-state index in [1.54, 1.807) is 0 Å². The number of para-hydroxylation sites is 1. The zero-order valence-corrected chi connectivity index (χ0v) is 13.0. The maximum atomic E-state index is 12.3. The van der Waals surface area contributed by atoms with Gasteiger partial charge in [-0.2, -0.15) is 0 Å². The molecule has 120 valence electrons. The van der Waals surface area contributed by atoms with Crippen molar-refractivity contribution >= 4 is 40.4 Å². The van der Waals surface area contributed by atoms with Gasteiger partial charge in [-0.05, 0) is 23.9 Å². The van der Waals surface area contributed by atoms with E-state index in [4.69, 9.17) is 0 Å².